The van der Waals surface area contributed by atoms with Crippen LogP contribution in [0, 0.1) is 12.7 Å². The summed E-state index contributed by atoms with van der Waals surface area (Å²) in [5, 5.41) is 5.42. The lowest BCUT2D eigenvalue weighted by Gasteiger charge is -2.16. The molecule has 0 aliphatic carbocycles. The summed E-state index contributed by atoms with van der Waals surface area (Å²) in [5.41, 5.74) is 1.33. The molecule has 8 heteroatoms. The Morgan fingerprint density at radius 1 is 1.26 bits per heavy atom. The molecule has 140 valence electrons. The minimum atomic E-state index is -0.472. The van der Waals surface area contributed by atoms with Gasteiger partial charge >= 0.3 is 5.97 Å². The first kappa shape index (κ1) is 19.2. The molecule has 1 N–H and O–H groups in total. The Labute approximate surface area is 163 Å². The summed E-state index contributed by atoms with van der Waals surface area (Å²) in [5.74, 6) is -1.03. The summed E-state index contributed by atoms with van der Waals surface area (Å²) in [6.07, 6.45) is 0.0470. The van der Waals surface area contributed by atoms with Crippen LogP contribution in [0.1, 0.15) is 32.7 Å². The monoisotopic (exact) mass is 404 g/mol. The van der Waals surface area contributed by atoms with Crippen LogP contribution in [0.4, 0.5) is 4.39 Å². The molecular formula is C19H17FN2O3S2. The summed E-state index contributed by atoms with van der Waals surface area (Å²) < 4.78 is 17.8. The van der Waals surface area contributed by atoms with Gasteiger partial charge in [-0.3, -0.25) is 9.59 Å². The van der Waals surface area contributed by atoms with E-state index in [0.717, 1.165) is 10.4 Å². The zero-order valence-electron chi connectivity index (χ0n) is 14.7. The van der Waals surface area contributed by atoms with E-state index in [-0.39, 0.29) is 18.1 Å². The van der Waals surface area contributed by atoms with E-state index >= 15 is 0 Å². The predicted molar refractivity (Wildman–Crippen MR) is 103 cm³/mol. The lowest BCUT2D eigenvalue weighted by molar-refractivity contribution is -0.141. The Morgan fingerprint density at radius 2 is 2.00 bits per heavy atom. The van der Waals surface area contributed by atoms with Crippen molar-refractivity contribution in [2.75, 3.05) is 7.11 Å². The number of carbonyl (C=O) groups excluding carboxylic acids is 2. The standard InChI is InChI=1S/C19H17FN2O3S2/c1-11-17(27-19(21-11)12-5-7-13(20)8-6-12)18(24)22-14(10-16(23)25-2)15-4-3-9-26-15/h3-9,14H,10H2,1-2H3,(H,22,24). The van der Waals surface area contributed by atoms with Gasteiger partial charge in [0.25, 0.3) is 5.91 Å². The number of benzene rings is 1. The van der Waals surface area contributed by atoms with Crippen molar-refractivity contribution in [1.29, 1.82) is 0 Å². The number of aromatic nitrogens is 1. The van der Waals surface area contributed by atoms with Crippen molar-refractivity contribution in [3.8, 4) is 10.6 Å². The van der Waals surface area contributed by atoms with Crippen LogP contribution in [-0.4, -0.2) is 24.0 Å². The van der Waals surface area contributed by atoms with Gasteiger partial charge in [-0.05, 0) is 42.6 Å². The first-order valence-corrected chi connectivity index (χ1v) is 9.82. The van der Waals surface area contributed by atoms with Gasteiger partial charge < -0.3 is 10.1 Å². The highest BCUT2D eigenvalue weighted by Crippen LogP contribution is 2.29. The van der Waals surface area contributed by atoms with Crippen LogP contribution >= 0.6 is 22.7 Å². The molecule has 0 fully saturated rings. The molecule has 0 radical (unpaired) electrons. The van der Waals surface area contributed by atoms with Crippen LogP contribution in [0.5, 0.6) is 0 Å². The first-order chi connectivity index (χ1) is 13.0. The van der Waals surface area contributed by atoms with Gasteiger partial charge in [0.15, 0.2) is 0 Å². The number of hydrogen-bond acceptors (Lipinski definition) is 6. The largest absolute Gasteiger partial charge is 0.469 e. The Bertz CT molecular complexity index is 937. The van der Waals surface area contributed by atoms with Gasteiger partial charge in [0.05, 0.1) is 25.3 Å². The molecule has 1 atom stereocenters. The van der Waals surface area contributed by atoms with Crippen LogP contribution in [0.3, 0.4) is 0 Å². The van der Waals surface area contributed by atoms with Crippen LogP contribution < -0.4 is 5.32 Å². The molecule has 1 amide bonds. The normalized spacial score (nSPS) is 11.8. The third-order valence-electron chi connectivity index (χ3n) is 3.88. The lowest BCUT2D eigenvalue weighted by atomic mass is 10.1. The summed E-state index contributed by atoms with van der Waals surface area (Å²) >= 11 is 2.69. The van der Waals surface area contributed by atoms with Crippen LogP contribution in [0.25, 0.3) is 10.6 Å². The van der Waals surface area contributed by atoms with Gasteiger partial charge in [0, 0.05) is 10.4 Å². The average molecular weight is 404 g/mol. The summed E-state index contributed by atoms with van der Waals surface area (Å²) in [6.45, 7) is 1.75. The molecular weight excluding hydrogens is 387 g/mol. The molecule has 0 spiro atoms. The molecule has 0 aliphatic heterocycles. The quantitative estimate of drug-likeness (QED) is 0.620. The smallest absolute Gasteiger partial charge is 0.307 e. The molecule has 1 aromatic carbocycles. The number of thiazole rings is 1. The van der Waals surface area contributed by atoms with E-state index in [1.807, 2.05) is 17.5 Å². The molecule has 0 saturated heterocycles. The number of methoxy groups -OCH3 is 1. The second-order valence-corrected chi connectivity index (χ2v) is 7.74. The van der Waals surface area contributed by atoms with E-state index < -0.39 is 12.0 Å². The SMILES string of the molecule is COC(=O)CC(NC(=O)c1sc(-c2ccc(F)cc2)nc1C)c1cccs1. The Balaban J connectivity index is 1.82. The molecule has 2 heterocycles. The molecule has 0 saturated carbocycles. The fourth-order valence-corrected chi connectivity index (χ4v) is 4.26. The second-order valence-electron chi connectivity index (χ2n) is 5.76. The lowest BCUT2D eigenvalue weighted by Crippen LogP contribution is -2.29. The zero-order valence-corrected chi connectivity index (χ0v) is 16.3. The molecule has 3 aromatic rings. The molecule has 0 aliphatic rings. The number of rotatable bonds is 6. The predicted octanol–water partition coefficient (Wildman–Crippen LogP) is 4.35. The third-order valence-corrected chi connectivity index (χ3v) is 6.08. The molecule has 27 heavy (non-hydrogen) atoms. The van der Waals surface area contributed by atoms with Crippen LogP contribution in [0.15, 0.2) is 41.8 Å². The fraction of sp³-hybridized carbons (Fsp3) is 0.211. The number of hydrogen-bond donors (Lipinski definition) is 1. The minimum Gasteiger partial charge on any atom is -0.469 e. The van der Waals surface area contributed by atoms with E-state index in [0.29, 0.717) is 15.6 Å². The van der Waals surface area contributed by atoms with Gasteiger partial charge in [0.1, 0.15) is 15.7 Å². The highest BCUT2D eigenvalue weighted by molar-refractivity contribution is 7.17. The number of aryl methyl sites for hydroxylation is 1. The van der Waals surface area contributed by atoms with Crippen molar-refractivity contribution in [3.63, 3.8) is 0 Å². The number of esters is 1. The van der Waals surface area contributed by atoms with Gasteiger partial charge in [-0.25, -0.2) is 9.37 Å². The van der Waals surface area contributed by atoms with E-state index in [1.54, 1.807) is 19.1 Å². The topological polar surface area (TPSA) is 68.3 Å². The van der Waals surface area contributed by atoms with Crippen molar-refractivity contribution in [3.05, 3.63) is 63.0 Å². The Morgan fingerprint density at radius 3 is 2.63 bits per heavy atom. The minimum absolute atomic E-state index is 0.0470. The van der Waals surface area contributed by atoms with Crippen LogP contribution in [-0.2, 0) is 9.53 Å². The fourth-order valence-electron chi connectivity index (χ4n) is 2.51. The number of carbonyl (C=O) groups is 2. The first-order valence-electron chi connectivity index (χ1n) is 8.12. The number of amides is 1. The maximum Gasteiger partial charge on any atom is 0.307 e. The molecule has 0 bridgehead atoms. The second kappa shape index (κ2) is 8.41. The molecule has 3 rings (SSSR count). The van der Waals surface area contributed by atoms with E-state index in [2.05, 4.69) is 10.3 Å². The Kier molecular flexibility index (Phi) is 5.98. The van der Waals surface area contributed by atoms with Gasteiger partial charge in [-0.15, -0.1) is 22.7 Å². The maximum atomic E-state index is 13.1. The average Bonchev–Trinajstić information content (AvgIpc) is 3.31. The van der Waals surface area contributed by atoms with Crippen LogP contribution in [0.2, 0.25) is 0 Å². The van der Waals surface area contributed by atoms with Gasteiger partial charge in [-0.2, -0.15) is 0 Å². The third kappa shape index (κ3) is 4.58. The van der Waals surface area contributed by atoms with E-state index in [4.69, 9.17) is 4.74 Å². The highest BCUT2D eigenvalue weighted by Gasteiger charge is 2.23. The highest BCUT2D eigenvalue weighted by atomic mass is 32.1. The zero-order chi connectivity index (χ0) is 19.4. The number of nitrogens with zero attached hydrogens (tertiary/aromatic N) is 1. The Hall–Kier alpha value is -2.58. The number of nitrogens with one attached hydrogen (secondary N) is 1. The van der Waals surface area contributed by atoms with E-state index in [1.165, 1.54) is 41.9 Å². The van der Waals surface area contributed by atoms with Crippen molar-refractivity contribution in [2.45, 2.75) is 19.4 Å². The molecule has 2 aromatic heterocycles. The van der Waals surface area contributed by atoms with Crippen molar-refractivity contribution >= 4 is 34.6 Å². The maximum absolute atomic E-state index is 13.1. The molecule has 5 nitrogen and oxygen atoms in total. The van der Waals surface area contributed by atoms with Gasteiger partial charge in [0.2, 0.25) is 0 Å². The van der Waals surface area contributed by atoms with E-state index in [9.17, 15) is 14.0 Å². The number of halogens is 1. The number of ether oxygens (including phenoxy) is 1. The van der Waals surface area contributed by atoms with Gasteiger partial charge in [-0.1, -0.05) is 6.07 Å². The summed E-state index contributed by atoms with van der Waals surface area (Å²) in [4.78, 5) is 30.3. The summed E-state index contributed by atoms with van der Waals surface area (Å²) in [7, 11) is 1.32. The number of thiophene rings is 1. The summed E-state index contributed by atoms with van der Waals surface area (Å²) in [6, 6.07) is 9.22. The van der Waals surface area contributed by atoms with Crippen molar-refractivity contribution in [1.82, 2.24) is 10.3 Å². The van der Waals surface area contributed by atoms with Crippen molar-refractivity contribution < 1.29 is 18.7 Å². The molecule has 1 unspecified atom stereocenters. The van der Waals surface area contributed by atoms with Crippen molar-refractivity contribution in [2.24, 2.45) is 0 Å².